The quantitative estimate of drug-likeness (QED) is 0.729. The zero-order chi connectivity index (χ0) is 10.4. The number of aliphatic hydroxyl groups is 1. The maximum atomic E-state index is 9.63. The molecule has 1 aromatic heterocycles. The van der Waals surface area contributed by atoms with Gasteiger partial charge in [0.15, 0.2) is 0 Å². The minimum Gasteiger partial charge on any atom is -0.393 e. The molecule has 0 saturated heterocycles. The van der Waals surface area contributed by atoms with E-state index >= 15 is 0 Å². The highest BCUT2D eigenvalue weighted by atomic mass is 35.5. The Bertz CT molecular complexity index is 264. The maximum absolute atomic E-state index is 9.63. The van der Waals surface area contributed by atoms with Gasteiger partial charge in [-0.2, -0.15) is 5.10 Å². The molecule has 0 bridgehead atoms. The van der Waals surface area contributed by atoms with Crippen molar-refractivity contribution in [2.45, 2.75) is 38.8 Å². The van der Waals surface area contributed by atoms with Gasteiger partial charge in [-0.3, -0.25) is 4.68 Å². The Hall–Kier alpha value is -0.610. The van der Waals surface area contributed by atoms with Gasteiger partial charge in [-0.25, -0.2) is 4.98 Å². The van der Waals surface area contributed by atoms with Gasteiger partial charge in [0.2, 0.25) is 0 Å². The molecule has 1 unspecified atom stereocenters. The lowest BCUT2D eigenvalue weighted by Gasteiger charge is -2.09. The molecular weight excluding hydrogens is 202 g/mol. The van der Waals surface area contributed by atoms with Gasteiger partial charge in [-0.1, -0.05) is 0 Å². The van der Waals surface area contributed by atoms with Crippen LogP contribution in [0.2, 0.25) is 0 Å². The first-order chi connectivity index (χ1) is 6.77. The lowest BCUT2D eigenvalue weighted by atomic mass is 10.1. The van der Waals surface area contributed by atoms with Crippen LogP contribution in [0.4, 0.5) is 0 Å². The molecule has 0 amide bonds. The molecule has 0 saturated carbocycles. The molecule has 0 spiro atoms. The molecule has 0 radical (unpaired) electrons. The summed E-state index contributed by atoms with van der Waals surface area (Å²) >= 11 is 5.54. The van der Waals surface area contributed by atoms with Crippen molar-refractivity contribution >= 4 is 11.6 Å². The van der Waals surface area contributed by atoms with Crippen molar-refractivity contribution in [3.05, 3.63) is 12.2 Å². The van der Waals surface area contributed by atoms with Crippen molar-refractivity contribution < 1.29 is 5.11 Å². The van der Waals surface area contributed by atoms with Crippen molar-refractivity contribution in [1.29, 1.82) is 0 Å². The molecule has 1 heterocycles. The van der Waals surface area contributed by atoms with E-state index in [1.54, 1.807) is 4.68 Å². The highest BCUT2D eigenvalue weighted by molar-refractivity contribution is 6.17. The second kappa shape index (κ2) is 5.98. The molecule has 1 rings (SSSR count). The molecule has 1 atom stereocenters. The number of halogens is 1. The van der Waals surface area contributed by atoms with E-state index in [0.717, 1.165) is 25.2 Å². The standard InChI is InChI=1S/C9H16ClN3O/c1-2-13-9(11-7-12-13)6-8(14)4-3-5-10/h7-8,14H,2-6H2,1H3. The third kappa shape index (κ3) is 3.27. The van der Waals surface area contributed by atoms with E-state index in [1.165, 1.54) is 6.33 Å². The van der Waals surface area contributed by atoms with Gasteiger partial charge in [0.1, 0.15) is 12.2 Å². The van der Waals surface area contributed by atoms with Crippen LogP contribution in [0.25, 0.3) is 0 Å². The number of hydrogen-bond donors (Lipinski definition) is 1. The minimum absolute atomic E-state index is 0.358. The number of alkyl halides is 1. The average Bonchev–Trinajstić information content (AvgIpc) is 2.62. The van der Waals surface area contributed by atoms with Gasteiger partial charge in [0.05, 0.1) is 6.10 Å². The predicted octanol–water partition coefficient (Wildman–Crippen LogP) is 1.22. The highest BCUT2D eigenvalue weighted by Crippen LogP contribution is 2.05. The third-order valence-electron chi connectivity index (χ3n) is 2.08. The van der Waals surface area contributed by atoms with Crippen molar-refractivity contribution in [2.24, 2.45) is 0 Å². The van der Waals surface area contributed by atoms with Crippen LogP contribution in [-0.4, -0.2) is 31.9 Å². The van der Waals surface area contributed by atoms with E-state index in [4.69, 9.17) is 11.6 Å². The molecule has 5 heteroatoms. The summed E-state index contributed by atoms with van der Waals surface area (Å²) in [5.74, 6) is 1.44. The maximum Gasteiger partial charge on any atom is 0.138 e. The second-order valence-corrected chi connectivity index (χ2v) is 3.56. The first kappa shape index (κ1) is 11.5. The van der Waals surface area contributed by atoms with E-state index in [9.17, 15) is 5.11 Å². The van der Waals surface area contributed by atoms with Crippen molar-refractivity contribution in [1.82, 2.24) is 14.8 Å². The summed E-state index contributed by atoms with van der Waals surface area (Å²) in [5.41, 5.74) is 0. The zero-order valence-corrected chi connectivity index (χ0v) is 9.11. The molecule has 1 aromatic rings. The minimum atomic E-state index is -0.358. The molecule has 0 aromatic carbocycles. The van der Waals surface area contributed by atoms with E-state index in [2.05, 4.69) is 10.1 Å². The fourth-order valence-electron chi connectivity index (χ4n) is 1.34. The van der Waals surface area contributed by atoms with Gasteiger partial charge >= 0.3 is 0 Å². The third-order valence-corrected chi connectivity index (χ3v) is 2.35. The summed E-state index contributed by atoms with van der Waals surface area (Å²) in [4.78, 5) is 4.09. The topological polar surface area (TPSA) is 50.9 Å². The van der Waals surface area contributed by atoms with E-state index in [0.29, 0.717) is 12.3 Å². The second-order valence-electron chi connectivity index (χ2n) is 3.18. The molecule has 80 valence electrons. The zero-order valence-electron chi connectivity index (χ0n) is 8.36. The Labute approximate surface area is 88.9 Å². The van der Waals surface area contributed by atoms with Crippen LogP contribution in [0.3, 0.4) is 0 Å². The van der Waals surface area contributed by atoms with Crippen LogP contribution >= 0.6 is 11.6 Å². The molecule has 4 nitrogen and oxygen atoms in total. The van der Waals surface area contributed by atoms with Crippen LogP contribution < -0.4 is 0 Å². The Kier molecular flexibility index (Phi) is 4.90. The van der Waals surface area contributed by atoms with Crippen LogP contribution in [0, 0.1) is 0 Å². The molecule has 14 heavy (non-hydrogen) atoms. The van der Waals surface area contributed by atoms with E-state index in [-0.39, 0.29) is 6.10 Å². The number of aliphatic hydroxyl groups excluding tert-OH is 1. The van der Waals surface area contributed by atoms with Gasteiger partial charge in [0.25, 0.3) is 0 Å². The predicted molar refractivity (Wildman–Crippen MR) is 55.4 cm³/mol. The molecule has 1 N–H and O–H groups in total. The van der Waals surface area contributed by atoms with Gasteiger partial charge in [-0.15, -0.1) is 11.6 Å². The van der Waals surface area contributed by atoms with Crippen molar-refractivity contribution in [3.8, 4) is 0 Å². The highest BCUT2D eigenvalue weighted by Gasteiger charge is 2.09. The van der Waals surface area contributed by atoms with Gasteiger partial charge < -0.3 is 5.11 Å². The Balaban J connectivity index is 2.42. The number of hydrogen-bond acceptors (Lipinski definition) is 3. The van der Waals surface area contributed by atoms with Crippen molar-refractivity contribution in [3.63, 3.8) is 0 Å². The fraction of sp³-hybridized carbons (Fsp3) is 0.778. The Morgan fingerprint density at radius 2 is 2.43 bits per heavy atom. The van der Waals surface area contributed by atoms with E-state index < -0.39 is 0 Å². The molecule has 0 fully saturated rings. The number of aryl methyl sites for hydroxylation is 1. The molecule has 0 aliphatic heterocycles. The largest absolute Gasteiger partial charge is 0.393 e. The summed E-state index contributed by atoms with van der Waals surface area (Å²) in [6, 6.07) is 0. The lowest BCUT2D eigenvalue weighted by molar-refractivity contribution is 0.160. The van der Waals surface area contributed by atoms with Gasteiger partial charge in [-0.05, 0) is 19.8 Å². The van der Waals surface area contributed by atoms with E-state index in [1.807, 2.05) is 6.92 Å². The normalized spacial score (nSPS) is 13.1. The fourth-order valence-corrected chi connectivity index (χ4v) is 1.49. The van der Waals surface area contributed by atoms with Crippen LogP contribution in [-0.2, 0) is 13.0 Å². The van der Waals surface area contributed by atoms with Crippen LogP contribution in [0.5, 0.6) is 0 Å². The summed E-state index contributed by atoms with van der Waals surface area (Å²) in [6.45, 7) is 2.79. The molecule has 0 aliphatic carbocycles. The average molecular weight is 218 g/mol. The van der Waals surface area contributed by atoms with Gasteiger partial charge in [0, 0.05) is 18.8 Å². The summed E-state index contributed by atoms with van der Waals surface area (Å²) in [5, 5.41) is 13.7. The van der Waals surface area contributed by atoms with Crippen molar-refractivity contribution in [2.75, 3.05) is 5.88 Å². The lowest BCUT2D eigenvalue weighted by Crippen LogP contribution is -2.15. The summed E-state index contributed by atoms with van der Waals surface area (Å²) in [7, 11) is 0. The molecular formula is C9H16ClN3O. The first-order valence-corrected chi connectivity index (χ1v) is 5.42. The monoisotopic (exact) mass is 217 g/mol. The Morgan fingerprint density at radius 1 is 1.64 bits per heavy atom. The molecule has 0 aliphatic rings. The van der Waals surface area contributed by atoms with Crippen LogP contribution in [0.15, 0.2) is 6.33 Å². The number of nitrogens with zero attached hydrogens (tertiary/aromatic N) is 3. The summed E-state index contributed by atoms with van der Waals surface area (Å²) < 4.78 is 1.80. The summed E-state index contributed by atoms with van der Waals surface area (Å²) in [6.07, 6.45) is 3.28. The first-order valence-electron chi connectivity index (χ1n) is 4.88. The smallest absolute Gasteiger partial charge is 0.138 e. The number of aromatic nitrogens is 3. The van der Waals surface area contributed by atoms with Crippen LogP contribution in [0.1, 0.15) is 25.6 Å². The number of rotatable bonds is 6. The Morgan fingerprint density at radius 3 is 3.07 bits per heavy atom. The SMILES string of the molecule is CCn1ncnc1CC(O)CCCCl.